The third-order valence-electron chi connectivity index (χ3n) is 5.16. The molecule has 0 atom stereocenters. The quantitative estimate of drug-likeness (QED) is 0.817. The number of hydrogen-bond donors (Lipinski definition) is 0. The van der Waals surface area contributed by atoms with Gasteiger partial charge in [0, 0.05) is 50.3 Å². The first-order valence-corrected chi connectivity index (χ1v) is 9.06. The number of piperidine rings is 1. The Morgan fingerprint density at radius 1 is 1.00 bits per heavy atom. The third kappa shape index (κ3) is 3.73. The van der Waals surface area contributed by atoms with Gasteiger partial charge in [-0.05, 0) is 49.8 Å². The number of pyridine rings is 1. The Balaban J connectivity index is 1.32. The largest absolute Gasteiger partial charge is 0.350 e. The van der Waals surface area contributed by atoms with Crippen LogP contribution in [0.25, 0.3) is 0 Å². The molecule has 1 saturated heterocycles. The lowest BCUT2D eigenvalue weighted by molar-refractivity contribution is 0.210. The predicted octanol–water partition coefficient (Wildman–Crippen LogP) is 2.55. The molecule has 1 aliphatic heterocycles. The van der Waals surface area contributed by atoms with E-state index in [0.29, 0.717) is 12.1 Å². The smallest absolute Gasteiger partial charge is 0.132 e. The second-order valence-corrected chi connectivity index (χ2v) is 6.89. The Hall–Kier alpha value is -2.01. The molecule has 5 heteroatoms. The molecule has 1 saturated carbocycles. The van der Waals surface area contributed by atoms with E-state index in [9.17, 15) is 0 Å². The van der Waals surface area contributed by atoms with E-state index in [2.05, 4.69) is 36.9 Å². The van der Waals surface area contributed by atoms with Crippen LogP contribution < -0.4 is 4.90 Å². The van der Waals surface area contributed by atoms with Crippen molar-refractivity contribution in [3.8, 4) is 0 Å². The summed E-state index contributed by atoms with van der Waals surface area (Å²) in [5.41, 5.74) is 1.33. The van der Waals surface area contributed by atoms with Crippen molar-refractivity contribution in [2.75, 3.05) is 24.5 Å². The van der Waals surface area contributed by atoms with Crippen LogP contribution in [-0.4, -0.2) is 51.6 Å². The van der Waals surface area contributed by atoms with E-state index < -0.39 is 0 Å². The Kier molecular flexibility index (Phi) is 4.69. The van der Waals surface area contributed by atoms with E-state index in [1.54, 1.807) is 6.33 Å². The highest BCUT2D eigenvalue weighted by Gasteiger charge is 2.36. The fourth-order valence-electron chi connectivity index (χ4n) is 3.72. The van der Waals surface area contributed by atoms with Crippen LogP contribution in [0.15, 0.2) is 43.1 Å². The van der Waals surface area contributed by atoms with E-state index in [4.69, 9.17) is 0 Å². The molecule has 4 rings (SSSR count). The fraction of sp³-hybridized carbons (Fsp3) is 0.526. The van der Waals surface area contributed by atoms with Gasteiger partial charge in [0.25, 0.3) is 0 Å². The van der Waals surface area contributed by atoms with E-state index in [1.807, 2.05) is 24.7 Å². The molecule has 24 heavy (non-hydrogen) atoms. The summed E-state index contributed by atoms with van der Waals surface area (Å²) in [7, 11) is 0. The number of nitrogens with zero attached hydrogens (tertiary/aromatic N) is 5. The summed E-state index contributed by atoms with van der Waals surface area (Å²) < 4.78 is 0. The summed E-state index contributed by atoms with van der Waals surface area (Å²) >= 11 is 0. The van der Waals surface area contributed by atoms with Gasteiger partial charge in [0.15, 0.2) is 0 Å². The first kappa shape index (κ1) is 15.5. The van der Waals surface area contributed by atoms with Crippen molar-refractivity contribution in [2.45, 2.75) is 44.2 Å². The molecule has 0 bridgehead atoms. The molecule has 1 aliphatic carbocycles. The summed E-state index contributed by atoms with van der Waals surface area (Å²) in [5.74, 6) is 1.11. The minimum Gasteiger partial charge on any atom is -0.350 e. The second kappa shape index (κ2) is 7.26. The second-order valence-electron chi connectivity index (χ2n) is 6.89. The molecule has 2 fully saturated rings. The highest BCUT2D eigenvalue weighted by molar-refractivity contribution is 5.41. The summed E-state index contributed by atoms with van der Waals surface area (Å²) in [6.07, 6.45) is 13.5. The highest BCUT2D eigenvalue weighted by Crippen LogP contribution is 2.34. The van der Waals surface area contributed by atoms with Gasteiger partial charge >= 0.3 is 0 Å². The zero-order valence-corrected chi connectivity index (χ0v) is 14.1. The van der Waals surface area contributed by atoms with Gasteiger partial charge in [0.2, 0.25) is 0 Å². The summed E-state index contributed by atoms with van der Waals surface area (Å²) in [5, 5.41) is 0. The molecule has 0 N–H and O–H groups in total. The maximum atomic E-state index is 4.50. The molecule has 0 aromatic carbocycles. The lowest BCUT2D eigenvalue weighted by atomic mass is 10.0. The van der Waals surface area contributed by atoms with Crippen molar-refractivity contribution in [1.82, 2.24) is 19.9 Å². The highest BCUT2D eigenvalue weighted by atomic mass is 15.3. The van der Waals surface area contributed by atoms with Crippen molar-refractivity contribution in [3.05, 3.63) is 48.7 Å². The molecule has 2 aromatic heterocycles. The molecular weight excluding hydrogens is 298 g/mol. The first-order valence-electron chi connectivity index (χ1n) is 9.06. The van der Waals surface area contributed by atoms with E-state index in [-0.39, 0.29) is 0 Å². The van der Waals surface area contributed by atoms with E-state index in [1.165, 1.54) is 44.3 Å². The summed E-state index contributed by atoms with van der Waals surface area (Å²) in [4.78, 5) is 17.9. The molecule has 0 unspecified atom stereocenters. The van der Waals surface area contributed by atoms with Crippen LogP contribution in [0.3, 0.4) is 0 Å². The van der Waals surface area contributed by atoms with E-state index >= 15 is 0 Å². The number of aromatic nitrogens is 3. The Morgan fingerprint density at radius 3 is 2.50 bits per heavy atom. The molecule has 3 heterocycles. The minimum absolute atomic E-state index is 0.627. The van der Waals surface area contributed by atoms with Crippen LogP contribution in [0.4, 0.5) is 5.82 Å². The van der Waals surface area contributed by atoms with Crippen LogP contribution in [0, 0.1) is 0 Å². The van der Waals surface area contributed by atoms with Crippen molar-refractivity contribution in [3.63, 3.8) is 0 Å². The zero-order chi connectivity index (χ0) is 16.2. The summed E-state index contributed by atoms with van der Waals surface area (Å²) in [6, 6.07) is 7.59. The lowest BCUT2D eigenvalue weighted by Gasteiger charge is -2.39. The molecular formula is C19H25N5. The average molecular weight is 323 g/mol. The number of likely N-dealkylation sites (tertiary alicyclic amines) is 1. The molecule has 5 nitrogen and oxygen atoms in total. The molecule has 0 spiro atoms. The third-order valence-corrected chi connectivity index (χ3v) is 5.16. The van der Waals surface area contributed by atoms with E-state index in [0.717, 1.165) is 18.8 Å². The number of hydrogen-bond acceptors (Lipinski definition) is 5. The Bertz CT molecular complexity index is 621. The van der Waals surface area contributed by atoms with Crippen LogP contribution in [0.1, 0.15) is 31.2 Å². The zero-order valence-electron chi connectivity index (χ0n) is 14.1. The topological polar surface area (TPSA) is 45.2 Å². The summed E-state index contributed by atoms with van der Waals surface area (Å²) in [6.45, 7) is 3.49. The minimum atomic E-state index is 0.627. The Labute approximate surface area is 143 Å². The predicted molar refractivity (Wildman–Crippen MR) is 94.9 cm³/mol. The van der Waals surface area contributed by atoms with Crippen molar-refractivity contribution < 1.29 is 0 Å². The van der Waals surface area contributed by atoms with Gasteiger partial charge in [-0.3, -0.25) is 4.98 Å². The van der Waals surface area contributed by atoms with Gasteiger partial charge in [-0.1, -0.05) is 6.07 Å². The number of rotatable bonds is 6. The van der Waals surface area contributed by atoms with Crippen LogP contribution in [-0.2, 0) is 6.42 Å². The van der Waals surface area contributed by atoms with Crippen molar-refractivity contribution in [2.24, 2.45) is 0 Å². The SMILES string of the molecule is c1cncc(CCN2CCC(N(c3ccncn3)C3CC3)CC2)c1. The van der Waals surface area contributed by atoms with Crippen molar-refractivity contribution >= 4 is 5.82 Å². The van der Waals surface area contributed by atoms with Crippen LogP contribution in [0.2, 0.25) is 0 Å². The van der Waals surface area contributed by atoms with Gasteiger partial charge in [0.1, 0.15) is 12.1 Å². The monoisotopic (exact) mass is 323 g/mol. The molecule has 0 amide bonds. The number of anilines is 1. The van der Waals surface area contributed by atoms with Gasteiger partial charge in [0.05, 0.1) is 0 Å². The van der Waals surface area contributed by atoms with Gasteiger partial charge in [-0.15, -0.1) is 0 Å². The fourth-order valence-corrected chi connectivity index (χ4v) is 3.72. The molecule has 2 aromatic rings. The van der Waals surface area contributed by atoms with Crippen LogP contribution in [0.5, 0.6) is 0 Å². The average Bonchev–Trinajstić information content (AvgIpc) is 3.48. The van der Waals surface area contributed by atoms with Gasteiger partial charge < -0.3 is 9.80 Å². The lowest BCUT2D eigenvalue weighted by Crippen LogP contribution is -2.46. The molecule has 126 valence electrons. The molecule has 0 radical (unpaired) electrons. The standard InChI is InChI=1S/C19H25N5/c1-2-16(14-20-9-1)6-11-23-12-7-18(8-13-23)24(17-3-4-17)19-5-10-21-15-22-19/h1-2,5,9-10,14-15,17-18H,3-4,6-8,11-13H2. The molecule has 2 aliphatic rings. The van der Waals surface area contributed by atoms with Crippen molar-refractivity contribution in [1.29, 1.82) is 0 Å². The first-order chi connectivity index (χ1) is 11.9. The maximum absolute atomic E-state index is 4.50. The maximum Gasteiger partial charge on any atom is 0.132 e. The normalized spacial score (nSPS) is 19.3. The van der Waals surface area contributed by atoms with Crippen LogP contribution >= 0.6 is 0 Å². The Morgan fingerprint density at radius 2 is 1.83 bits per heavy atom. The van der Waals surface area contributed by atoms with Gasteiger partial charge in [-0.2, -0.15) is 0 Å². The van der Waals surface area contributed by atoms with Gasteiger partial charge in [-0.25, -0.2) is 9.97 Å².